The first kappa shape index (κ1) is 58.3. The van der Waals surface area contributed by atoms with Crippen molar-refractivity contribution >= 4 is 29.5 Å². The molecule has 0 radical (unpaired) electrons. The Morgan fingerprint density at radius 2 is 1.39 bits per heavy atom. The van der Waals surface area contributed by atoms with E-state index in [0.29, 0.717) is 51.8 Å². The Balaban J connectivity index is 1.71. The van der Waals surface area contributed by atoms with E-state index in [1.54, 1.807) is 21.1 Å². The molecule has 1 aliphatic rings. The smallest absolute Gasteiger partial charge is 0.225 e. The number of aliphatic hydroxyl groups excluding tert-OH is 1. The molecule has 0 aromatic heterocycles. The zero-order valence-electron chi connectivity index (χ0n) is 42.2. The Kier molecular flexibility index (Phi) is 27.0. The lowest BCUT2D eigenvalue weighted by molar-refractivity contribution is -0.273. The average molecular weight is 934 g/mol. The van der Waals surface area contributed by atoms with E-state index in [2.05, 4.69) is 26.6 Å². The molecular formula is C50H87N5O11. The number of hydrogen-bond donors (Lipinski definition) is 6. The van der Waals surface area contributed by atoms with Crippen molar-refractivity contribution in [2.45, 2.75) is 201 Å². The third-order valence-electron chi connectivity index (χ3n) is 12.3. The SMILES string of the molecule is COc1cccc(CCNC(=O)CCCCCCCCC(=O)NC(C)C2OC(OCCCCCCNC(=O)C(C)(C)CC(C)(C)C(=O)NC(C)CC(C)OC)C(NC(C)=O)C(O)C2OC)c1. The molecule has 66 heavy (non-hydrogen) atoms. The van der Waals surface area contributed by atoms with Gasteiger partial charge in [0.25, 0.3) is 0 Å². The van der Waals surface area contributed by atoms with Crippen LogP contribution < -0.4 is 31.3 Å². The van der Waals surface area contributed by atoms with E-state index in [4.69, 9.17) is 23.7 Å². The van der Waals surface area contributed by atoms with Gasteiger partial charge >= 0.3 is 0 Å². The number of methoxy groups -OCH3 is 3. The van der Waals surface area contributed by atoms with Crippen LogP contribution in [0.5, 0.6) is 5.75 Å². The fourth-order valence-electron chi connectivity index (χ4n) is 8.59. The summed E-state index contributed by atoms with van der Waals surface area (Å²) in [5.41, 5.74) is -0.382. The number of carbonyl (C=O) groups excluding carboxylic acids is 5. The van der Waals surface area contributed by atoms with Crippen LogP contribution in [0.3, 0.4) is 0 Å². The van der Waals surface area contributed by atoms with Gasteiger partial charge in [-0.3, -0.25) is 24.0 Å². The van der Waals surface area contributed by atoms with Gasteiger partial charge in [0.05, 0.1) is 19.3 Å². The van der Waals surface area contributed by atoms with Crippen molar-refractivity contribution in [2.24, 2.45) is 10.8 Å². The third kappa shape index (κ3) is 21.9. The lowest BCUT2D eigenvalue weighted by Gasteiger charge is -2.46. The summed E-state index contributed by atoms with van der Waals surface area (Å²) in [6.45, 7) is 15.9. The zero-order valence-corrected chi connectivity index (χ0v) is 42.2. The van der Waals surface area contributed by atoms with Crippen molar-refractivity contribution in [1.82, 2.24) is 26.6 Å². The molecule has 5 amide bonds. The molecule has 1 aromatic rings. The van der Waals surface area contributed by atoms with Gasteiger partial charge in [-0.25, -0.2) is 0 Å². The second-order valence-electron chi connectivity index (χ2n) is 19.5. The van der Waals surface area contributed by atoms with Crippen LogP contribution in [0.4, 0.5) is 0 Å². The highest BCUT2D eigenvalue weighted by Crippen LogP contribution is 2.34. The number of rotatable bonds is 33. The highest BCUT2D eigenvalue weighted by Gasteiger charge is 2.48. The van der Waals surface area contributed by atoms with Gasteiger partial charge in [0.2, 0.25) is 29.5 Å². The van der Waals surface area contributed by atoms with Crippen LogP contribution in [0, 0.1) is 10.8 Å². The second kappa shape index (κ2) is 30.5. The number of unbranched alkanes of at least 4 members (excludes halogenated alkanes) is 8. The van der Waals surface area contributed by atoms with Crippen LogP contribution in [0.2, 0.25) is 0 Å². The van der Waals surface area contributed by atoms with Crippen LogP contribution in [-0.2, 0) is 49.3 Å². The van der Waals surface area contributed by atoms with Crippen molar-refractivity contribution in [1.29, 1.82) is 0 Å². The number of benzene rings is 1. The summed E-state index contributed by atoms with van der Waals surface area (Å²) in [6, 6.07) is 6.38. The van der Waals surface area contributed by atoms with E-state index in [0.717, 1.165) is 75.5 Å². The molecule has 1 saturated heterocycles. The summed E-state index contributed by atoms with van der Waals surface area (Å²) in [7, 11) is 4.74. The normalized spacial score (nSPS) is 20.1. The van der Waals surface area contributed by atoms with Crippen molar-refractivity contribution in [2.75, 3.05) is 41.0 Å². The number of carbonyl (C=O) groups is 5. The maximum atomic E-state index is 13.2. The van der Waals surface area contributed by atoms with E-state index < -0.39 is 47.5 Å². The molecule has 1 heterocycles. The van der Waals surface area contributed by atoms with Crippen molar-refractivity contribution in [3.8, 4) is 5.75 Å². The van der Waals surface area contributed by atoms with Crippen LogP contribution >= 0.6 is 0 Å². The first-order chi connectivity index (χ1) is 31.2. The lowest BCUT2D eigenvalue weighted by atomic mass is 9.74. The minimum absolute atomic E-state index is 0.0286. The molecule has 6 N–H and O–H groups in total. The van der Waals surface area contributed by atoms with E-state index in [9.17, 15) is 29.1 Å². The summed E-state index contributed by atoms with van der Waals surface area (Å²) in [5.74, 6) is 0.191. The topological polar surface area (TPSA) is 212 Å². The van der Waals surface area contributed by atoms with Crippen LogP contribution in [0.15, 0.2) is 24.3 Å². The Morgan fingerprint density at radius 3 is 2.03 bits per heavy atom. The minimum Gasteiger partial charge on any atom is -0.497 e. The van der Waals surface area contributed by atoms with Crippen molar-refractivity contribution in [3.63, 3.8) is 0 Å². The zero-order chi connectivity index (χ0) is 49.3. The molecule has 0 bridgehead atoms. The summed E-state index contributed by atoms with van der Waals surface area (Å²) in [4.78, 5) is 63.7. The second-order valence-corrected chi connectivity index (χ2v) is 19.5. The molecule has 1 aliphatic heterocycles. The number of ether oxygens (including phenoxy) is 5. The molecule has 2 rings (SSSR count). The predicted octanol–water partition coefficient (Wildman–Crippen LogP) is 5.65. The molecule has 16 nitrogen and oxygen atoms in total. The first-order valence-electron chi connectivity index (χ1n) is 24.3. The number of amides is 5. The molecule has 1 aromatic carbocycles. The van der Waals surface area contributed by atoms with E-state index in [1.807, 2.05) is 65.8 Å². The summed E-state index contributed by atoms with van der Waals surface area (Å²) < 4.78 is 28.7. The van der Waals surface area contributed by atoms with Crippen LogP contribution in [0.1, 0.15) is 151 Å². The molecule has 0 spiro atoms. The quantitative estimate of drug-likeness (QED) is 0.0475. The average Bonchev–Trinajstić information content (AvgIpc) is 3.25. The first-order valence-corrected chi connectivity index (χ1v) is 24.3. The van der Waals surface area contributed by atoms with Gasteiger partial charge in [-0.05, 0) is 83.4 Å². The summed E-state index contributed by atoms with van der Waals surface area (Å²) in [6.07, 6.45) is 7.42. The molecule has 0 aliphatic carbocycles. The largest absolute Gasteiger partial charge is 0.497 e. The molecule has 1 fully saturated rings. The third-order valence-corrected chi connectivity index (χ3v) is 12.3. The molecular weight excluding hydrogens is 847 g/mol. The minimum atomic E-state index is -1.16. The van der Waals surface area contributed by atoms with Gasteiger partial charge in [0.1, 0.15) is 30.1 Å². The van der Waals surface area contributed by atoms with E-state index in [-0.39, 0.29) is 41.7 Å². The summed E-state index contributed by atoms with van der Waals surface area (Å²) >= 11 is 0. The number of hydrogen-bond acceptors (Lipinski definition) is 11. The fraction of sp³-hybridized carbons (Fsp3) is 0.780. The highest BCUT2D eigenvalue weighted by molar-refractivity contribution is 5.85. The van der Waals surface area contributed by atoms with Gasteiger partial charge in [-0.15, -0.1) is 0 Å². The number of aliphatic hydroxyl groups is 1. The maximum absolute atomic E-state index is 13.2. The Bertz CT molecular complexity index is 1610. The van der Waals surface area contributed by atoms with E-state index in [1.165, 1.54) is 14.0 Å². The van der Waals surface area contributed by atoms with Gasteiger partial charge in [-0.2, -0.15) is 0 Å². The summed E-state index contributed by atoms with van der Waals surface area (Å²) in [5, 5.41) is 26.2. The van der Waals surface area contributed by atoms with Crippen molar-refractivity contribution in [3.05, 3.63) is 29.8 Å². The van der Waals surface area contributed by atoms with Crippen LogP contribution in [0.25, 0.3) is 0 Å². The molecule has 8 atom stereocenters. The Morgan fingerprint density at radius 1 is 0.773 bits per heavy atom. The molecule has 378 valence electrons. The van der Waals surface area contributed by atoms with E-state index >= 15 is 0 Å². The lowest BCUT2D eigenvalue weighted by Crippen LogP contribution is -2.67. The van der Waals surface area contributed by atoms with Gasteiger partial charge in [0, 0.05) is 70.6 Å². The standard InChI is InChI=1S/C50H87N5O11/c1-34(31-35(2)62-9)53-48(61)50(7,8)33-49(5,6)47(60)52-28-20-16-17-21-30-65-46-42(55-37(4)56)43(59)45(64-11)44(66-46)36(3)54-41(58)26-19-15-13-12-14-18-25-40(57)51-29-27-38-23-22-24-39(32-38)63-10/h22-24,32,34-36,42-46,59H,12-21,25-31,33H2,1-11H3,(H,51,57)(H,52,60)(H,53,61)(H,54,58)(H,55,56). The predicted molar refractivity (Wildman–Crippen MR) is 256 cm³/mol. The highest BCUT2D eigenvalue weighted by atomic mass is 16.7. The molecule has 8 unspecified atom stereocenters. The van der Waals surface area contributed by atoms with Crippen LogP contribution in [-0.4, -0.2) is 124 Å². The molecule has 0 saturated carbocycles. The van der Waals surface area contributed by atoms with Gasteiger partial charge in [0.15, 0.2) is 6.29 Å². The fourth-order valence-corrected chi connectivity index (χ4v) is 8.59. The monoisotopic (exact) mass is 934 g/mol. The van der Waals surface area contributed by atoms with Gasteiger partial charge in [-0.1, -0.05) is 78.4 Å². The van der Waals surface area contributed by atoms with Gasteiger partial charge < -0.3 is 55.4 Å². The Hall–Kier alpha value is -3.83. The van der Waals surface area contributed by atoms with Crippen molar-refractivity contribution < 1.29 is 52.8 Å². The number of nitrogens with one attached hydrogen (secondary N) is 5. The molecule has 16 heteroatoms. The Labute approximate surface area is 395 Å². The maximum Gasteiger partial charge on any atom is 0.225 e.